The van der Waals surface area contributed by atoms with E-state index in [1.807, 2.05) is 36.4 Å². The molecule has 0 unspecified atom stereocenters. The number of amides is 4. The van der Waals surface area contributed by atoms with Crippen molar-refractivity contribution >= 4 is 23.6 Å². The van der Waals surface area contributed by atoms with Crippen LogP contribution in [0.4, 0.5) is 0 Å². The number of nitrogens with zero attached hydrogens (tertiary/aromatic N) is 2. The lowest BCUT2D eigenvalue weighted by atomic mass is 10.1. The van der Waals surface area contributed by atoms with Crippen molar-refractivity contribution in [2.24, 2.45) is 0 Å². The normalized spacial score (nSPS) is 19.8. The Bertz CT molecular complexity index is 1190. The molecule has 1 aliphatic rings. The molecule has 1 fully saturated rings. The molecule has 8 nitrogen and oxygen atoms in total. The van der Waals surface area contributed by atoms with Gasteiger partial charge in [0.25, 0.3) is 0 Å². The minimum absolute atomic E-state index is 0.122. The summed E-state index contributed by atoms with van der Waals surface area (Å²) in [6.07, 6.45) is 22.5. The Hall–Kier alpha value is -3.68. The van der Waals surface area contributed by atoms with Crippen LogP contribution in [-0.2, 0) is 32.3 Å². The molecule has 2 N–H and O–H groups in total. The highest BCUT2D eigenvalue weighted by Gasteiger charge is 2.15. The third-order valence-electron chi connectivity index (χ3n) is 10.6. The van der Waals surface area contributed by atoms with Crippen LogP contribution in [0.2, 0.25) is 0 Å². The van der Waals surface area contributed by atoms with E-state index in [9.17, 15) is 19.2 Å². The summed E-state index contributed by atoms with van der Waals surface area (Å²) in [6.45, 7) is 4.36. The first kappa shape index (κ1) is 44.7. The molecule has 300 valence electrons. The Morgan fingerprint density at radius 3 is 1.07 bits per heavy atom. The van der Waals surface area contributed by atoms with Gasteiger partial charge in [0.15, 0.2) is 0 Å². The zero-order valence-electron chi connectivity index (χ0n) is 33.5. The van der Waals surface area contributed by atoms with E-state index in [0.29, 0.717) is 38.8 Å². The molecule has 1 heterocycles. The summed E-state index contributed by atoms with van der Waals surface area (Å²) in [6, 6.07) is 20.6. The van der Waals surface area contributed by atoms with Gasteiger partial charge in [0.1, 0.15) is 0 Å². The summed E-state index contributed by atoms with van der Waals surface area (Å²) in [5.41, 5.74) is 2.35. The first-order valence-corrected chi connectivity index (χ1v) is 21.7. The van der Waals surface area contributed by atoms with Crippen LogP contribution in [0.15, 0.2) is 60.7 Å². The predicted molar refractivity (Wildman–Crippen MR) is 221 cm³/mol. The van der Waals surface area contributed by atoms with E-state index in [1.54, 1.807) is 0 Å². The van der Waals surface area contributed by atoms with Crippen molar-refractivity contribution in [2.45, 2.75) is 167 Å². The van der Waals surface area contributed by atoms with Crippen LogP contribution in [0.25, 0.3) is 0 Å². The topological polar surface area (TPSA) is 98.8 Å². The molecule has 2 aromatic carbocycles. The highest BCUT2D eigenvalue weighted by molar-refractivity contribution is 5.77. The van der Waals surface area contributed by atoms with Crippen molar-refractivity contribution < 1.29 is 19.2 Å². The van der Waals surface area contributed by atoms with Crippen LogP contribution < -0.4 is 10.6 Å². The SMILES string of the molecule is O=C1CCCCCCC(=O)NCCCCCCCC(=O)N(Cc2ccccc2)CCCCCCCCN(Cc2ccccc2)C(=O)CCCCCCCN1. The van der Waals surface area contributed by atoms with Gasteiger partial charge < -0.3 is 20.4 Å². The van der Waals surface area contributed by atoms with Crippen molar-refractivity contribution in [2.75, 3.05) is 26.2 Å². The third-order valence-corrected chi connectivity index (χ3v) is 10.6. The molecule has 4 amide bonds. The van der Waals surface area contributed by atoms with Crippen molar-refractivity contribution in [3.8, 4) is 0 Å². The Labute approximate surface area is 327 Å². The van der Waals surface area contributed by atoms with Gasteiger partial charge in [-0.1, -0.05) is 138 Å². The van der Waals surface area contributed by atoms with E-state index in [0.717, 1.165) is 155 Å². The number of hydrogen-bond acceptors (Lipinski definition) is 4. The molecule has 2 aromatic rings. The van der Waals surface area contributed by atoms with E-state index in [2.05, 4.69) is 44.7 Å². The van der Waals surface area contributed by atoms with Gasteiger partial charge in [-0.2, -0.15) is 0 Å². The van der Waals surface area contributed by atoms with Gasteiger partial charge in [-0.05, 0) is 62.5 Å². The van der Waals surface area contributed by atoms with Crippen LogP contribution in [0.1, 0.15) is 165 Å². The molecule has 0 bridgehead atoms. The Balaban J connectivity index is 1.46. The first-order chi connectivity index (χ1) is 26.5. The van der Waals surface area contributed by atoms with Crippen molar-refractivity contribution in [3.05, 3.63) is 71.8 Å². The van der Waals surface area contributed by atoms with Crippen molar-refractivity contribution in [3.63, 3.8) is 0 Å². The lowest BCUT2D eigenvalue weighted by molar-refractivity contribution is -0.132. The fourth-order valence-electron chi connectivity index (χ4n) is 7.24. The molecular formula is C46H72N4O4. The quantitative estimate of drug-likeness (QED) is 0.326. The highest BCUT2D eigenvalue weighted by Crippen LogP contribution is 2.16. The minimum Gasteiger partial charge on any atom is -0.356 e. The van der Waals surface area contributed by atoms with Crippen LogP contribution >= 0.6 is 0 Å². The van der Waals surface area contributed by atoms with Crippen LogP contribution in [-0.4, -0.2) is 59.6 Å². The smallest absolute Gasteiger partial charge is 0.222 e. The fraction of sp³-hybridized carbons (Fsp3) is 0.652. The second-order valence-electron chi connectivity index (χ2n) is 15.4. The van der Waals surface area contributed by atoms with Gasteiger partial charge in [-0.3, -0.25) is 19.2 Å². The van der Waals surface area contributed by atoms with Crippen LogP contribution in [0.3, 0.4) is 0 Å². The molecule has 0 atom stereocenters. The third kappa shape index (κ3) is 21.9. The molecule has 0 radical (unpaired) electrons. The maximum Gasteiger partial charge on any atom is 0.222 e. The van der Waals surface area contributed by atoms with Gasteiger partial charge in [0, 0.05) is 65.0 Å². The predicted octanol–water partition coefficient (Wildman–Crippen LogP) is 9.65. The molecule has 54 heavy (non-hydrogen) atoms. The zero-order valence-corrected chi connectivity index (χ0v) is 33.5. The van der Waals surface area contributed by atoms with Gasteiger partial charge in [-0.25, -0.2) is 0 Å². The van der Waals surface area contributed by atoms with Crippen molar-refractivity contribution in [1.29, 1.82) is 0 Å². The van der Waals surface area contributed by atoms with Crippen LogP contribution in [0, 0.1) is 0 Å². The van der Waals surface area contributed by atoms with Gasteiger partial charge >= 0.3 is 0 Å². The molecular weight excluding hydrogens is 673 g/mol. The lowest BCUT2D eigenvalue weighted by Crippen LogP contribution is -2.31. The van der Waals surface area contributed by atoms with E-state index in [4.69, 9.17) is 0 Å². The molecule has 0 aromatic heterocycles. The van der Waals surface area contributed by atoms with E-state index in [-0.39, 0.29) is 23.6 Å². The maximum absolute atomic E-state index is 13.3. The lowest BCUT2D eigenvalue weighted by Gasteiger charge is -2.23. The Kier molecular flexibility index (Phi) is 24.6. The number of rotatable bonds is 4. The van der Waals surface area contributed by atoms with Gasteiger partial charge in [0.05, 0.1) is 0 Å². The largest absolute Gasteiger partial charge is 0.356 e. The first-order valence-electron chi connectivity index (χ1n) is 21.7. The summed E-state index contributed by atoms with van der Waals surface area (Å²) in [5.74, 6) is 0.745. The second kappa shape index (κ2) is 29.6. The van der Waals surface area contributed by atoms with Crippen molar-refractivity contribution in [1.82, 2.24) is 20.4 Å². The molecule has 3 rings (SSSR count). The second-order valence-corrected chi connectivity index (χ2v) is 15.4. The summed E-state index contributed by atoms with van der Waals surface area (Å²) >= 11 is 0. The molecule has 1 aliphatic heterocycles. The van der Waals surface area contributed by atoms with Crippen LogP contribution in [0.5, 0.6) is 0 Å². The molecule has 8 heteroatoms. The average Bonchev–Trinajstić information content (AvgIpc) is 3.18. The van der Waals surface area contributed by atoms with E-state index in [1.165, 1.54) is 11.1 Å². The molecule has 0 aliphatic carbocycles. The Morgan fingerprint density at radius 2 is 0.685 bits per heavy atom. The maximum atomic E-state index is 13.3. The molecule has 0 spiro atoms. The van der Waals surface area contributed by atoms with Gasteiger partial charge in [-0.15, -0.1) is 0 Å². The number of carbonyl (C=O) groups is 4. The summed E-state index contributed by atoms with van der Waals surface area (Å²) < 4.78 is 0. The summed E-state index contributed by atoms with van der Waals surface area (Å²) in [7, 11) is 0. The Morgan fingerprint density at radius 1 is 0.370 bits per heavy atom. The number of benzene rings is 2. The molecule has 1 saturated heterocycles. The number of hydrogen-bond donors (Lipinski definition) is 2. The fourth-order valence-corrected chi connectivity index (χ4v) is 7.24. The zero-order chi connectivity index (χ0) is 38.3. The number of carbonyl (C=O) groups excluding carboxylic acids is 4. The summed E-state index contributed by atoms with van der Waals surface area (Å²) in [4.78, 5) is 55.2. The standard InChI is InChI=1S/C46H72N4O4/c51-43-31-19-7-8-20-32-44(52)48-36-24-10-4-6-22-34-46(54)50(40-42-29-17-14-18-30-42)38-26-12-2-1-11-25-37-49(39-41-27-15-13-16-28-41)45(53)33-21-5-3-9-23-35-47-43/h13-18,27-30H,1-12,19-26,31-40H2,(H,47,51)(H,48,52). The van der Waals surface area contributed by atoms with Gasteiger partial charge in [0.2, 0.25) is 23.6 Å². The highest BCUT2D eigenvalue weighted by atomic mass is 16.2. The van der Waals surface area contributed by atoms with E-state index >= 15 is 0 Å². The summed E-state index contributed by atoms with van der Waals surface area (Å²) in [5, 5.41) is 6.11. The molecule has 0 saturated carbocycles. The van der Waals surface area contributed by atoms with E-state index < -0.39 is 0 Å². The average molecular weight is 745 g/mol. The minimum atomic E-state index is 0.122. The monoisotopic (exact) mass is 745 g/mol. The number of nitrogens with one attached hydrogen (secondary N) is 2.